The Hall–Kier alpha value is -2.40. The number of hydrogen-bond donors (Lipinski definition) is 1. The standard InChI is InChI=1S/C14H11ClN4O/c1-9-3-2-4-12(16-9)18-14(20)11-8-19-7-10(15)5-6-13(19)17-11/h2-8H,1H3,(H,16,18,20). The molecule has 3 heterocycles. The molecule has 0 aromatic carbocycles. The number of aromatic nitrogens is 3. The van der Waals surface area contributed by atoms with E-state index in [9.17, 15) is 4.79 Å². The van der Waals surface area contributed by atoms with Crippen LogP contribution in [0, 0.1) is 6.92 Å². The van der Waals surface area contributed by atoms with Crippen LogP contribution in [0.3, 0.4) is 0 Å². The molecule has 0 aliphatic rings. The molecule has 0 saturated carbocycles. The third kappa shape index (κ3) is 2.48. The van der Waals surface area contributed by atoms with Crippen LogP contribution in [0.4, 0.5) is 5.82 Å². The van der Waals surface area contributed by atoms with Gasteiger partial charge >= 0.3 is 0 Å². The quantitative estimate of drug-likeness (QED) is 0.788. The zero-order valence-electron chi connectivity index (χ0n) is 10.7. The summed E-state index contributed by atoms with van der Waals surface area (Å²) in [5.41, 5.74) is 1.82. The largest absolute Gasteiger partial charge is 0.305 e. The lowest BCUT2D eigenvalue weighted by Crippen LogP contribution is -2.13. The monoisotopic (exact) mass is 286 g/mol. The molecule has 3 aromatic heterocycles. The second-order valence-corrected chi connectivity index (χ2v) is 4.79. The molecule has 0 atom stereocenters. The van der Waals surface area contributed by atoms with E-state index in [4.69, 9.17) is 11.6 Å². The number of imidazole rings is 1. The summed E-state index contributed by atoms with van der Waals surface area (Å²) in [5.74, 6) is 0.202. The fourth-order valence-corrected chi connectivity index (χ4v) is 2.04. The second kappa shape index (κ2) is 4.94. The minimum atomic E-state index is -0.303. The molecule has 0 aliphatic heterocycles. The maximum atomic E-state index is 12.1. The number of amides is 1. The number of rotatable bonds is 2. The highest BCUT2D eigenvalue weighted by Crippen LogP contribution is 2.13. The van der Waals surface area contributed by atoms with Crippen molar-refractivity contribution in [2.24, 2.45) is 0 Å². The number of halogens is 1. The zero-order chi connectivity index (χ0) is 14.1. The molecule has 1 amide bonds. The molecule has 100 valence electrons. The summed E-state index contributed by atoms with van der Waals surface area (Å²) in [6, 6.07) is 8.92. The van der Waals surface area contributed by atoms with Crippen LogP contribution in [0.25, 0.3) is 5.65 Å². The lowest BCUT2D eigenvalue weighted by atomic mass is 10.3. The van der Waals surface area contributed by atoms with Crippen molar-refractivity contribution in [3.8, 4) is 0 Å². The fraction of sp³-hybridized carbons (Fsp3) is 0.0714. The number of nitrogens with one attached hydrogen (secondary N) is 1. The average Bonchev–Trinajstić information content (AvgIpc) is 2.81. The third-order valence-electron chi connectivity index (χ3n) is 2.78. The molecule has 5 nitrogen and oxygen atoms in total. The average molecular weight is 287 g/mol. The van der Waals surface area contributed by atoms with E-state index in [2.05, 4.69) is 15.3 Å². The van der Waals surface area contributed by atoms with E-state index in [-0.39, 0.29) is 5.91 Å². The highest BCUT2D eigenvalue weighted by molar-refractivity contribution is 6.30. The van der Waals surface area contributed by atoms with Crippen molar-refractivity contribution in [1.29, 1.82) is 0 Å². The van der Waals surface area contributed by atoms with Gasteiger partial charge in [0.1, 0.15) is 17.2 Å². The summed E-state index contributed by atoms with van der Waals surface area (Å²) in [6.45, 7) is 1.86. The molecular formula is C14H11ClN4O. The Bertz CT molecular complexity index is 797. The predicted octanol–water partition coefficient (Wildman–Crippen LogP) is 2.94. The zero-order valence-corrected chi connectivity index (χ0v) is 11.4. The van der Waals surface area contributed by atoms with Gasteiger partial charge in [0.15, 0.2) is 0 Å². The molecule has 1 N–H and O–H groups in total. The Morgan fingerprint density at radius 1 is 1.20 bits per heavy atom. The molecule has 0 unspecified atom stereocenters. The first-order valence-electron chi connectivity index (χ1n) is 6.01. The molecular weight excluding hydrogens is 276 g/mol. The number of anilines is 1. The number of aryl methyl sites for hydroxylation is 1. The molecule has 0 spiro atoms. The first-order chi connectivity index (χ1) is 9.61. The Labute approximate surface area is 120 Å². The lowest BCUT2D eigenvalue weighted by Gasteiger charge is -2.02. The van der Waals surface area contributed by atoms with Crippen molar-refractivity contribution < 1.29 is 4.79 Å². The van der Waals surface area contributed by atoms with Gasteiger partial charge in [-0.1, -0.05) is 17.7 Å². The van der Waals surface area contributed by atoms with Crippen LogP contribution in [-0.4, -0.2) is 20.3 Å². The van der Waals surface area contributed by atoms with E-state index < -0.39 is 0 Å². The van der Waals surface area contributed by atoms with Crippen LogP contribution in [0.5, 0.6) is 0 Å². The van der Waals surface area contributed by atoms with Crippen LogP contribution in [0.1, 0.15) is 16.2 Å². The normalized spacial score (nSPS) is 10.7. The van der Waals surface area contributed by atoms with E-state index in [1.807, 2.05) is 19.1 Å². The molecule has 0 aliphatic carbocycles. The van der Waals surface area contributed by atoms with Crippen molar-refractivity contribution in [1.82, 2.24) is 14.4 Å². The van der Waals surface area contributed by atoms with Crippen molar-refractivity contribution >= 4 is 29.0 Å². The molecule has 0 bridgehead atoms. The summed E-state index contributed by atoms with van der Waals surface area (Å²) in [4.78, 5) is 20.6. The maximum absolute atomic E-state index is 12.1. The van der Waals surface area contributed by atoms with Crippen LogP contribution >= 0.6 is 11.6 Å². The van der Waals surface area contributed by atoms with E-state index in [1.54, 1.807) is 35.0 Å². The van der Waals surface area contributed by atoms with Crippen LogP contribution < -0.4 is 5.32 Å². The first kappa shape index (κ1) is 12.6. The Morgan fingerprint density at radius 2 is 2.05 bits per heavy atom. The lowest BCUT2D eigenvalue weighted by molar-refractivity contribution is 0.102. The molecule has 0 radical (unpaired) electrons. The second-order valence-electron chi connectivity index (χ2n) is 4.36. The Kier molecular flexibility index (Phi) is 3.12. The topological polar surface area (TPSA) is 59.3 Å². The number of nitrogens with zero attached hydrogens (tertiary/aromatic N) is 3. The van der Waals surface area contributed by atoms with Gasteiger partial charge in [-0.2, -0.15) is 0 Å². The number of hydrogen-bond acceptors (Lipinski definition) is 3. The van der Waals surface area contributed by atoms with E-state index >= 15 is 0 Å². The SMILES string of the molecule is Cc1cccc(NC(=O)c2cn3cc(Cl)ccc3n2)n1. The fourth-order valence-electron chi connectivity index (χ4n) is 1.87. The van der Waals surface area contributed by atoms with Gasteiger partial charge < -0.3 is 9.72 Å². The van der Waals surface area contributed by atoms with Crippen molar-refractivity contribution in [2.75, 3.05) is 5.32 Å². The van der Waals surface area contributed by atoms with Gasteiger partial charge in [0, 0.05) is 18.1 Å². The summed E-state index contributed by atoms with van der Waals surface area (Å²) in [5, 5.41) is 3.30. The van der Waals surface area contributed by atoms with E-state index in [0.29, 0.717) is 22.2 Å². The summed E-state index contributed by atoms with van der Waals surface area (Å²) in [7, 11) is 0. The van der Waals surface area contributed by atoms with Gasteiger partial charge in [0.2, 0.25) is 0 Å². The number of carbonyl (C=O) groups is 1. The van der Waals surface area contributed by atoms with Gasteiger partial charge in [-0.25, -0.2) is 9.97 Å². The van der Waals surface area contributed by atoms with Gasteiger partial charge in [0.05, 0.1) is 5.02 Å². The Morgan fingerprint density at radius 3 is 2.85 bits per heavy atom. The van der Waals surface area contributed by atoms with Crippen LogP contribution in [-0.2, 0) is 0 Å². The van der Waals surface area contributed by atoms with Gasteiger partial charge in [-0.3, -0.25) is 4.79 Å². The van der Waals surface area contributed by atoms with Gasteiger partial charge in [0.25, 0.3) is 5.91 Å². The first-order valence-corrected chi connectivity index (χ1v) is 6.39. The molecule has 3 rings (SSSR count). The van der Waals surface area contributed by atoms with E-state index in [1.165, 1.54) is 0 Å². The molecule has 3 aromatic rings. The third-order valence-corrected chi connectivity index (χ3v) is 3.00. The molecule has 20 heavy (non-hydrogen) atoms. The van der Waals surface area contributed by atoms with Crippen molar-refractivity contribution in [3.63, 3.8) is 0 Å². The van der Waals surface area contributed by atoms with Crippen LogP contribution in [0.2, 0.25) is 5.02 Å². The van der Waals surface area contributed by atoms with Gasteiger partial charge in [-0.05, 0) is 31.2 Å². The highest BCUT2D eigenvalue weighted by Gasteiger charge is 2.11. The smallest absolute Gasteiger partial charge is 0.277 e. The summed E-state index contributed by atoms with van der Waals surface area (Å²) in [6.07, 6.45) is 3.33. The molecule has 0 fully saturated rings. The number of fused-ring (bicyclic) bond motifs is 1. The Balaban J connectivity index is 1.88. The minimum Gasteiger partial charge on any atom is -0.305 e. The van der Waals surface area contributed by atoms with E-state index in [0.717, 1.165) is 5.69 Å². The number of carbonyl (C=O) groups excluding carboxylic acids is 1. The summed E-state index contributed by atoms with van der Waals surface area (Å²) >= 11 is 5.90. The van der Waals surface area contributed by atoms with Crippen molar-refractivity contribution in [2.45, 2.75) is 6.92 Å². The number of pyridine rings is 2. The predicted molar refractivity (Wildman–Crippen MR) is 77.1 cm³/mol. The molecule has 6 heteroatoms. The maximum Gasteiger partial charge on any atom is 0.277 e. The van der Waals surface area contributed by atoms with Crippen LogP contribution in [0.15, 0.2) is 42.7 Å². The minimum absolute atomic E-state index is 0.303. The van der Waals surface area contributed by atoms with Gasteiger partial charge in [-0.15, -0.1) is 0 Å². The summed E-state index contributed by atoms with van der Waals surface area (Å²) < 4.78 is 1.71. The van der Waals surface area contributed by atoms with Crippen molar-refractivity contribution in [3.05, 3.63) is 59.1 Å². The highest BCUT2D eigenvalue weighted by atomic mass is 35.5. The molecule has 0 saturated heterocycles.